The van der Waals surface area contributed by atoms with Crippen LogP contribution in [0, 0.1) is 12.8 Å². The summed E-state index contributed by atoms with van der Waals surface area (Å²) in [6.07, 6.45) is 1.76. The second kappa shape index (κ2) is 7.50. The number of para-hydroxylation sites is 1. The molecule has 1 aromatic heterocycles. The van der Waals surface area contributed by atoms with Gasteiger partial charge in [0, 0.05) is 30.0 Å². The summed E-state index contributed by atoms with van der Waals surface area (Å²) in [7, 11) is 0. The molecule has 0 spiro atoms. The minimum absolute atomic E-state index is 0.00795. The van der Waals surface area contributed by atoms with Gasteiger partial charge >= 0.3 is 0 Å². The van der Waals surface area contributed by atoms with E-state index in [9.17, 15) is 9.59 Å². The van der Waals surface area contributed by atoms with Gasteiger partial charge in [0.1, 0.15) is 5.69 Å². The molecule has 0 bridgehead atoms. The summed E-state index contributed by atoms with van der Waals surface area (Å²) in [5.74, 6) is 0.290. The number of nitrogens with one attached hydrogen (secondary N) is 2. The first-order chi connectivity index (χ1) is 12.4. The van der Waals surface area contributed by atoms with Crippen molar-refractivity contribution >= 4 is 22.7 Å². The standard InChI is InChI=1S/C20H28N4O2/c1-12-5-4-6-16-11-17(23-18(12)16)19(25)22-14(3)15-7-9-24(10-8-15)20(26)13(2)21/h4-6,11,13-15,23H,7-10,21H2,1-3H3,(H,22,25)/t13-,14?/m0/s1. The van der Waals surface area contributed by atoms with E-state index in [0.29, 0.717) is 24.7 Å². The molecule has 1 saturated heterocycles. The largest absolute Gasteiger partial charge is 0.350 e. The summed E-state index contributed by atoms with van der Waals surface area (Å²) in [5.41, 5.74) is 8.40. The fourth-order valence-electron chi connectivity index (χ4n) is 3.74. The summed E-state index contributed by atoms with van der Waals surface area (Å²) in [6.45, 7) is 7.20. The molecule has 2 atom stereocenters. The molecular weight excluding hydrogens is 328 g/mol. The van der Waals surface area contributed by atoms with Crippen molar-refractivity contribution in [1.82, 2.24) is 15.2 Å². The van der Waals surface area contributed by atoms with Crippen LogP contribution in [0.4, 0.5) is 0 Å². The zero-order valence-corrected chi connectivity index (χ0v) is 15.7. The van der Waals surface area contributed by atoms with Gasteiger partial charge in [0.25, 0.3) is 5.91 Å². The number of carbonyl (C=O) groups excluding carboxylic acids is 2. The maximum absolute atomic E-state index is 12.6. The third kappa shape index (κ3) is 3.75. The van der Waals surface area contributed by atoms with Gasteiger partial charge < -0.3 is 20.9 Å². The first kappa shape index (κ1) is 18.5. The first-order valence-electron chi connectivity index (χ1n) is 9.30. The second-order valence-electron chi connectivity index (χ2n) is 7.44. The summed E-state index contributed by atoms with van der Waals surface area (Å²) < 4.78 is 0. The van der Waals surface area contributed by atoms with Crippen LogP contribution in [0.1, 0.15) is 42.7 Å². The zero-order chi connectivity index (χ0) is 18.8. The van der Waals surface area contributed by atoms with Crippen LogP contribution in [-0.2, 0) is 4.79 Å². The predicted octanol–water partition coefficient (Wildman–Crippen LogP) is 2.18. The zero-order valence-electron chi connectivity index (χ0n) is 15.7. The van der Waals surface area contributed by atoms with Crippen LogP contribution in [0.3, 0.4) is 0 Å². The Hall–Kier alpha value is -2.34. The molecule has 140 valence electrons. The minimum Gasteiger partial charge on any atom is -0.350 e. The second-order valence-corrected chi connectivity index (χ2v) is 7.44. The topological polar surface area (TPSA) is 91.2 Å². The van der Waals surface area contributed by atoms with Crippen molar-refractivity contribution < 1.29 is 9.59 Å². The van der Waals surface area contributed by atoms with Gasteiger partial charge in [0.2, 0.25) is 5.91 Å². The number of amides is 2. The fourth-order valence-corrected chi connectivity index (χ4v) is 3.74. The maximum Gasteiger partial charge on any atom is 0.267 e. The number of H-pyrrole nitrogens is 1. The number of aromatic amines is 1. The van der Waals surface area contributed by atoms with Crippen LogP contribution >= 0.6 is 0 Å². The summed E-state index contributed by atoms with van der Waals surface area (Å²) in [6, 6.07) is 7.53. The number of carbonyl (C=O) groups is 2. The molecule has 0 aliphatic carbocycles. The summed E-state index contributed by atoms with van der Waals surface area (Å²) >= 11 is 0. The Labute approximate surface area is 154 Å². The van der Waals surface area contributed by atoms with Gasteiger partial charge in [-0.3, -0.25) is 9.59 Å². The van der Waals surface area contributed by atoms with E-state index < -0.39 is 6.04 Å². The number of aromatic nitrogens is 1. The van der Waals surface area contributed by atoms with Crippen molar-refractivity contribution in [3.8, 4) is 0 Å². The number of likely N-dealkylation sites (tertiary alicyclic amines) is 1. The molecule has 1 aliphatic rings. The lowest BCUT2D eigenvalue weighted by atomic mass is 9.90. The Morgan fingerprint density at radius 3 is 2.58 bits per heavy atom. The van der Waals surface area contributed by atoms with E-state index in [1.165, 1.54) is 0 Å². The Balaban J connectivity index is 1.59. The number of fused-ring (bicyclic) bond motifs is 1. The highest BCUT2D eigenvalue weighted by Gasteiger charge is 2.28. The Morgan fingerprint density at radius 1 is 1.27 bits per heavy atom. The molecule has 3 rings (SSSR count). The minimum atomic E-state index is -0.450. The van der Waals surface area contributed by atoms with E-state index in [0.717, 1.165) is 29.3 Å². The van der Waals surface area contributed by atoms with Crippen LogP contribution in [-0.4, -0.2) is 46.9 Å². The van der Waals surface area contributed by atoms with Gasteiger partial charge in [0.05, 0.1) is 6.04 Å². The molecule has 1 fully saturated rings. The first-order valence-corrected chi connectivity index (χ1v) is 9.30. The third-order valence-electron chi connectivity index (χ3n) is 5.42. The normalized spacial score (nSPS) is 17.9. The SMILES string of the molecule is Cc1cccc2cc(C(=O)NC(C)C3CCN(C(=O)[C@H](C)N)CC3)[nH]c12. The molecule has 2 amide bonds. The third-order valence-corrected chi connectivity index (χ3v) is 5.42. The van der Waals surface area contributed by atoms with Crippen molar-refractivity contribution in [1.29, 1.82) is 0 Å². The Morgan fingerprint density at radius 2 is 1.96 bits per heavy atom. The molecule has 1 aromatic carbocycles. The predicted molar refractivity (Wildman–Crippen MR) is 103 cm³/mol. The van der Waals surface area contributed by atoms with E-state index in [1.54, 1.807) is 6.92 Å². The van der Waals surface area contributed by atoms with Crippen LogP contribution in [0.2, 0.25) is 0 Å². The lowest BCUT2D eigenvalue weighted by Gasteiger charge is -2.35. The number of hydrogen-bond acceptors (Lipinski definition) is 3. The lowest BCUT2D eigenvalue weighted by molar-refractivity contribution is -0.133. The van der Waals surface area contributed by atoms with Gasteiger partial charge in [-0.1, -0.05) is 18.2 Å². The lowest BCUT2D eigenvalue weighted by Crippen LogP contribution is -2.49. The highest BCUT2D eigenvalue weighted by Crippen LogP contribution is 2.22. The number of piperidine rings is 1. The molecule has 26 heavy (non-hydrogen) atoms. The number of nitrogens with zero attached hydrogens (tertiary/aromatic N) is 1. The number of rotatable bonds is 4. The van der Waals surface area contributed by atoms with Crippen molar-refractivity contribution in [3.63, 3.8) is 0 Å². The fraction of sp³-hybridized carbons (Fsp3) is 0.500. The van der Waals surface area contributed by atoms with Gasteiger partial charge in [-0.05, 0) is 51.2 Å². The van der Waals surface area contributed by atoms with Crippen molar-refractivity contribution in [2.75, 3.05) is 13.1 Å². The monoisotopic (exact) mass is 356 g/mol. The molecular formula is C20H28N4O2. The maximum atomic E-state index is 12.6. The summed E-state index contributed by atoms with van der Waals surface area (Å²) in [5, 5.41) is 4.16. The van der Waals surface area contributed by atoms with Crippen molar-refractivity contribution in [2.24, 2.45) is 11.7 Å². The van der Waals surface area contributed by atoms with Crippen LogP contribution in [0.15, 0.2) is 24.3 Å². The van der Waals surface area contributed by atoms with Gasteiger partial charge in [-0.2, -0.15) is 0 Å². The molecule has 2 heterocycles. The molecule has 4 N–H and O–H groups in total. The van der Waals surface area contributed by atoms with Crippen molar-refractivity contribution in [3.05, 3.63) is 35.5 Å². The van der Waals surface area contributed by atoms with Crippen LogP contribution in [0.25, 0.3) is 10.9 Å². The number of aryl methyl sites for hydroxylation is 1. The van der Waals surface area contributed by atoms with E-state index in [4.69, 9.17) is 5.73 Å². The van der Waals surface area contributed by atoms with E-state index >= 15 is 0 Å². The molecule has 2 aromatic rings. The average molecular weight is 356 g/mol. The van der Waals surface area contributed by atoms with Gasteiger partial charge in [0.15, 0.2) is 0 Å². The van der Waals surface area contributed by atoms with Gasteiger partial charge in [-0.15, -0.1) is 0 Å². The van der Waals surface area contributed by atoms with Gasteiger partial charge in [-0.25, -0.2) is 0 Å². The number of hydrogen-bond donors (Lipinski definition) is 3. The average Bonchev–Trinajstić information content (AvgIpc) is 3.07. The number of benzene rings is 1. The van der Waals surface area contributed by atoms with Crippen LogP contribution in [0.5, 0.6) is 0 Å². The number of nitrogens with two attached hydrogens (primary N) is 1. The van der Waals surface area contributed by atoms with Crippen LogP contribution < -0.4 is 11.1 Å². The Kier molecular flexibility index (Phi) is 5.32. The molecule has 0 saturated carbocycles. The molecule has 0 radical (unpaired) electrons. The highest BCUT2D eigenvalue weighted by atomic mass is 16.2. The summed E-state index contributed by atoms with van der Waals surface area (Å²) in [4.78, 5) is 29.7. The molecule has 6 nitrogen and oxygen atoms in total. The smallest absolute Gasteiger partial charge is 0.267 e. The van der Waals surface area contributed by atoms with Crippen molar-refractivity contribution in [2.45, 2.75) is 45.7 Å². The molecule has 6 heteroatoms. The molecule has 1 unspecified atom stereocenters. The van der Waals surface area contributed by atoms with E-state index in [-0.39, 0.29) is 17.9 Å². The van der Waals surface area contributed by atoms with E-state index in [2.05, 4.69) is 10.3 Å². The Bertz CT molecular complexity index is 803. The molecule has 1 aliphatic heterocycles. The van der Waals surface area contributed by atoms with E-state index in [1.807, 2.05) is 43.0 Å². The highest BCUT2D eigenvalue weighted by molar-refractivity contribution is 5.98. The quantitative estimate of drug-likeness (QED) is 0.784.